The first-order valence-electron chi connectivity index (χ1n) is 6.62. The maximum Gasteiger partial charge on any atom is 0.338 e. The van der Waals surface area contributed by atoms with E-state index in [1.165, 1.54) is 31.2 Å². The first-order chi connectivity index (χ1) is 11.2. The summed E-state index contributed by atoms with van der Waals surface area (Å²) in [6.45, 7) is 1.32. The molecule has 0 bridgehead atoms. The molecule has 0 atom stereocenters. The van der Waals surface area contributed by atoms with Crippen LogP contribution in [0.5, 0.6) is 0 Å². The summed E-state index contributed by atoms with van der Waals surface area (Å²) in [4.78, 5) is 21.7. The number of amides is 1. The number of nitrogens with one attached hydrogen (secondary N) is 2. The minimum atomic E-state index is -3.99. The SMILES string of the molecule is CC(=O)Nc1ccc(S(=O)(=O)Nc2ccc(F)c(C(=O)O)c2)cc1. The lowest BCUT2D eigenvalue weighted by Crippen LogP contribution is -2.14. The molecular formula is C15H13FN2O5S. The number of hydrogen-bond acceptors (Lipinski definition) is 4. The van der Waals surface area contributed by atoms with Crippen LogP contribution < -0.4 is 10.0 Å². The molecule has 0 aliphatic heterocycles. The van der Waals surface area contributed by atoms with E-state index in [0.29, 0.717) is 5.69 Å². The number of hydrogen-bond donors (Lipinski definition) is 3. The highest BCUT2D eigenvalue weighted by molar-refractivity contribution is 7.92. The first-order valence-corrected chi connectivity index (χ1v) is 8.10. The van der Waals surface area contributed by atoms with Crippen LogP contribution >= 0.6 is 0 Å². The average molecular weight is 352 g/mol. The molecular weight excluding hydrogens is 339 g/mol. The number of benzene rings is 2. The highest BCUT2D eigenvalue weighted by Gasteiger charge is 2.17. The predicted octanol–water partition coefficient (Wildman–Crippen LogP) is 2.28. The van der Waals surface area contributed by atoms with Crippen molar-refractivity contribution < 1.29 is 27.5 Å². The minimum absolute atomic E-state index is 0.0836. The minimum Gasteiger partial charge on any atom is -0.478 e. The van der Waals surface area contributed by atoms with E-state index in [1.807, 2.05) is 0 Å². The third-order valence-electron chi connectivity index (χ3n) is 2.93. The zero-order chi connectivity index (χ0) is 17.9. The van der Waals surface area contributed by atoms with Crippen molar-refractivity contribution in [3.05, 3.63) is 53.8 Å². The van der Waals surface area contributed by atoms with Gasteiger partial charge in [0.1, 0.15) is 5.82 Å². The lowest BCUT2D eigenvalue weighted by molar-refractivity contribution is -0.114. The molecule has 0 aliphatic rings. The number of carboxylic acid groups (broad SMARTS) is 1. The van der Waals surface area contributed by atoms with E-state index in [1.54, 1.807) is 0 Å². The van der Waals surface area contributed by atoms with Crippen LogP contribution in [0.3, 0.4) is 0 Å². The van der Waals surface area contributed by atoms with Crippen LogP contribution in [0.4, 0.5) is 15.8 Å². The summed E-state index contributed by atoms with van der Waals surface area (Å²) in [5, 5.41) is 11.4. The summed E-state index contributed by atoms with van der Waals surface area (Å²) in [7, 11) is -3.99. The standard InChI is InChI=1S/C15H13FN2O5S/c1-9(19)17-10-2-5-12(6-3-10)24(22,23)18-11-4-7-14(16)13(8-11)15(20)21/h2-8,18H,1H3,(H,17,19)(H,20,21). The zero-order valence-electron chi connectivity index (χ0n) is 12.4. The highest BCUT2D eigenvalue weighted by Crippen LogP contribution is 2.20. The molecule has 0 radical (unpaired) electrons. The Bertz CT molecular complexity index is 895. The Kier molecular flexibility index (Phi) is 4.84. The lowest BCUT2D eigenvalue weighted by atomic mass is 10.2. The van der Waals surface area contributed by atoms with Gasteiger partial charge in [0.25, 0.3) is 10.0 Å². The summed E-state index contributed by atoms with van der Waals surface area (Å²) in [5.74, 6) is -2.77. The van der Waals surface area contributed by atoms with Gasteiger partial charge in [-0.2, -0.15) is 0 Å². The summed E-state index contributed by atoms with van der Waals surface area (Å²) in [6.07, 6.45) is 0. The molecule has 0 heterocycles. The smallest absolute Gasteiger partial charge is 0.338 e. The lowest BCUT2D eigenvalue weighted by Gasteiger charge is -2.10. The molecule has 0 unspecified atom stereocenters. The van der Waals surface area contributed by atoms with E-state index in [0.717, 1.165) is 18.2 Å². The van der Waals surface area contributed by atoms with E-state index in [4.69, 9.17) is 5.11 Å². The van der Waals surface area contributed by atoms with E-state index in [9.17, 15) is 22.4 Å². The van der Waals surface area contributed by atoms with Crippen molar-refractivity contribution in [2.75, 3.05) is 10.0 Å². The van der Waals surface area contributed by atoms with E-state index >= 15 is 0 Å². The number of aromatic carboxylic acids is 1. The summed E-state index contributed by atoms with van der Waals surface area (Å²) >= 11 is 0. The van der Waals surface area contributed by atoms with E-state index in [2.05, 4.69) is 10.0 Å². The summed E-state index contributed by atoms with van der Waals surface area (Å²) in [5.41, 5.74) is -0.299. The fraction of sp³-hybridized carbons (Fsp3) is 0.0667. The van der Waals surface area contributed by atoms with Crippen molar-refractivity contribution in [1.82, 2.24) is 0 Å². The van der Waals surface area contributed by atoms with Gasteiger partial charge in [-0.3, -0.25) is 9.52 Å². The molecule has 0 fully saturated rings. The number of anilines is 2. The zero-order valence-corrected chi connectivity index (χ0v) is 13.2. The largest absolute Gasteiger partial charge is 0.478 e. The van der Waals surface area contributed by atoms with Crippen LogP contribution in [0.15, 0.2) is 47.4 Å². The third kappa shape index (κ3) is 4.07. The van der Waals surface area contributed by atoms with Crippen LogP contribution in [0.2, 0.25) is 0 Å². The van der Waals surface area contributed by atoms with Gasteiger partial charge in [0.05, 0.1) is 10.5 Å². The Morgan fingerprint density at radius 1 is 1.04 bits per heavy atom. The fourth-order valence-electron chi connectivity index (χ4n) is 1.89. The van der Waals surface area contributed by atoms with Crippen molar-refractivity contribution in [2.45, 2.75) is 11.8 Å². The van der Waals surface area contributed by atoms with Crippen LogP contribution in [0, 0.1) is 5.82 Å². The summed E-state index contributed by atoms with van der Waals surface area (Å²) in [6, 6.07) is 8.23. The Morgan fingerprint density at radius 2 is 1.62 bits per heavy atom. The van der Waals surface area contributed by atoms with Gasteiger partial charge < -0.3 is 10.4 Å². The van der Waals surface area contributed by atoms with Crippen LogP contribution in [0.25, 0.3) is 0 Å². The van der Waals surface area contributed by atoms with Crippen molar-refractivity contribution in [1.29, 1.82) is 0 Å². The molecule has 0 aliphatic carbocycles. The molecule has 2 rings (SSSR count). The van der Waals surface area contributed by atoms with Gasteiger partial charge in [-0.1, -0.05) is 0 Å². The van der Waals surface area contributed by atoms with E-state index < -0.39 is 27.4 Å². The van der Waals surface area contributed by atoms with Crippen molar-refractivity contribution in [3.63, 3.8) is 0 Å². The molecule has 0 saturated carbocycles. The van der Waals surface area contributed by atoms with Gasteiger partial charge in [0.15, 0.2) is 0 Å². The Balaban J connectivity index is 2.27. The first kappa shape index (κ1) is 17.4. The molecule has 24 heavy (non-hydrogen) atoms. The van der Waals surface area contributed by atoms with Crippen molar-refractivity contribution >= 4 is 33.3 Å². The van der Waals surface area contributed by atoms with Gasteiger partial charge in [0.2, 0.25) is 5.91 Å². The molecule has 2 aromatic carbocycles. The maximum absolute atomic E-state index is 13.3. The molecule has 9 heteroatoms. The number of carboxylic acids is 1. The molecule has 0 aromatic heterocycles. The Labute approximate surface area is 137 Å². The Morgan fingerprint density at radius 3 is 2.17 bits per heavy atom. The van der Waals surface area contributed by atoms with Gasteiger partial charge in [-0.05, 0) is 42.5 Å². The third-order valence-corrected chi connectivity index (χ3v) is 4.33. The molecule has 7 nitrogen and oxygen atoms in total. The van der Waals surface area contributed by atoms with E-state index in [-0.39, 0.29) is 16.5 Å². The fourth-order valence-corrected chi connectivity index (χ4v) is 2.94. The number of carbonyl (C=O) groups is 2. The van der Waals surface area contributed by atoms with Crippen LogP contribution in [-0.4, -0.2) is 25.4 Å². The average Bonchev–Trinajstić information content (AvgIpc) is 2.48. The predicted molar refractivity (Wildman–Crippen MR) is 84.9 cm³/mol. The summed E-state index contributed by atoms with van der Waals surface area (Å²) < 4.78 is 40.0. The number of halogens is 1. The monoisotopic (exact) mass is 352 g/mol. The number of sulfonamides is 1. The maximum atomic E-state index is 13.3. The number of carbonyl (C=O) groups excluding carboxylic acids is 1. The molecule has 2 aromatic rings. The van der Waals surface area contributed by atoms with Gasteiger partial charge in [0, 0.05) is 18.3 Å². The van der Waals surface area contributed by atoms with Gasteiger partial charge in [-0.15, -0.1) is 0 Å². The second-order valence-corrected chi connectivity index (χ2v) is 6.49. The van der Waals surface area contributed by atoms with Crippen LogP contribution in [0.1, 0.15) is 17.3 Å². The van der Waals surface area contributed by atoms with Gasteiger partial charge in [-0.25, -0.2) is 17.6 Å². The second kappa shape index (κ2) is 6.67. The molecule has 3 N–H and O–H groups in total. The highest BCUT2D eigenvalue weighted by atomic mass is 32.2. The van der Waals surface area contributed by atoms with Gasteiger partial charge >= 0.3 is 5.97 Å². The number of rotatable bonds is 5. The molecule has 126 valence electrons. The quantitative estimate of drug-likeness (QED) is 0.764. The van der Waals surface area contributed by atoms with Crippen molar-refractivity contribution in [2.24, 2.45) is 0 Å². The molecule has 0 saturated heterocycles. The molecule has 1 amide bonds. The topological polar surface area (TPSA) is 113 Å². The Hall–Kier alpha value is -2.94. The normalized spacial score (nSPS) is 10.9. The second-order valence-electron chi connectivity index (χ2n) is 4.81. The van der Waals surface area contributed by atoms with Crippen molar-refractivity contribution in [3.8, 4) is 0 Å². The molecule has 0 spiro atoms. The van der Waals surface area contributed by atoms with Crippen LogP contribution in [-0.2, 0) is 14.8 Å².